The number of rotatable bonds is 9. The van der Waals surface area contributed by atoms with Gasteiger partial charge in [-0.3, -0.25) is 9.78 Å². The molecule has 1 aromatic carbocycles. The SMILES string of the molecule is CCCOc1ccc(C(=O)NC(C)c2ccncc2)cc1OCCC. The highest BCUT2D eigenvalue weighted by Gasteiger charge is 2.14. The standard InChI is InChI=1S/C20H26N2O3/c1-4-12-24-18-7-6-17(14-19(18)25-13-5-2)20(23)22-15(3)16-8-10-21-11-9-16/h6-11,14-15H,4-5,12-13H2,1-3H3,(H,22,23). The van der Waals surface area contributed by atoms with Crippen LogP contribution in [0, 0.1) is 0 Å². The number of nitrogens with one attached hydrogen (secondary N) is 1. The lowest BCUT2D eigenvalue weighted by atomic mass is 10.1. The molecule has 25 heavy (non-hydrogen) atoms. The normalized spacial score (nSPS) is 11.6. The van der Waals surface area contributed by atoms with Crippen LogP contribution in [-0.2, 0) is 0 Å². The van der Waals surface area contributed by atoms with Gasteiger partial charge >= 0.3 is 0 Å². The second-order valence-electron chi connectivity index (χ2n) is 5.83. The molecule has 0 saturated heterocycles. The van der Waals surface area contributed by atoms with Gasteiger partial charge in [-0.05, 0) is 55.7 Å². The van der Waals surface area contributed by atoms with Crippen molar-refractivity contribution in [1.82, 2.24) is 10.3 Å². The van der Waals surface area contributed by atoms with Crippen LogP contribution in [0.5, 0.6) is 11.5 Å². The van der Waals surface area contributed by atoms with Gasteiger partial charge in [-0.2, -0.15) is 0 Å². The molecule has 0 saturated carbocycles. The fourth-order valence-corrected chi connectivity index (χ4v) is 2.32. The lowest BCUT2D eigenvalue weighted by molar-refractivity contribution is 0.0939. The Morgan fingerprint density at radius 3 is 2.32 bits per heavy atom. The molecular weight excluding hydrogens is 316 g/mol. The number of nitrogens with zero attached hydrogens (tertiary/aromatic N) is 1. The fourth-order valence-electron chi connectivity index (χ4n) is 2.32. The largest absolute Gasteiger partial charge is 0.490 e. The van der Waals surface area contributed by atoms with Crippen LogP contribution in [0.2, 0.25) is 0 Å². The number of pyridine rings is 1. The van der Waals surface area contributed by atoms with E-state index in [1.807, 2.05) is 26.0 Å². The summed E-state index contributed by atoms with van der Waals surface area (Å²) in [6.07, 6.45) is 5.24. The predicted molar refractivity (Wildman–Crippen MR) is 98.1 cm³/mol. The smallest absolute Gasteiger partial charge is 0.251 e. The van der Waals surface area contributed by atoms with Crippen LogP contribution in [-0.4, -0.2) is 24.1 Å². The molecule has 1 aromatic heterocycles. The average molecular weight is 342 g/mol. The maximum absolute atomic E-state index is 12.6. The maximum Gasteiger partial charge on any atom is 0.251 e. The zero-order valence-corrected chi connectivity index (χ0v) is 15.1. The third-order valence-electron chi connectivity index (χ3n) is 3.68. The molecule has 0 aliphatic heterocycles. The number of carbonyl (C=O) groups excluding carboxylic acids is 1. The first-order chi connectivity index (χ1) is 12.2. The van der Waals surface area contributed by atoms with Crippen LogP contribution >= 0.6 is 0 Å². The quantitative estimate of drug-likeness (QED) is 0.744. The summed E-state index contributed by atoms with van der Waals surface area (Å²) < 4.78 is 11.5. The number of hydrogen-bond donors (Lipinski definition) is 1. The van der Waals surface area contributed by atoms with Crippen molar-refractivity contribution < 1.29 is 14.3 Å². The molecule has 1 unspecified atom stereocenters. The van der Waals surface area contributed by atoms with Crippen LogP contribution in [0.15, 0.2) is 42.7 Å². The number of ether oxygens (including phenoxy) is 2. The van der Waals surface area contributed by atoms with Crippen molar-refractivity contribution in [1.29, 1.82) is 0 Å². The zero-order valence-electron chi connectivity index (χ0n) is 15.1. The van der Waals surface area contributed by atoms with Gasteiger partial charge in [-0.15, -0.1) is 0 Å². The van der Waals surface area contributed by atoms with Crippen LogP contribution in [0.3, 0.4) is 0 Å². The van der Waals surface area contributed by atoms with Crippen molar-refractivity contribution in [2.45, 2.75) is 39.7 Å². The molecule has 5 nitrogen and oxygen atoms in total. The van der Waals surface area contributed by atoms with E-state index in [1.165, 1.54) is 0 Å². The van der Waals surface area contributed by atoms with Gasteiger partial charge in [0.2, 0.25) is 0 Å². The van der Waals surface area contributed by atoms with Gasteiger partial charge in [0.25, 0.3) is 5.91 Å². The molecular formula is C20H26N2O3. The third kappa shape index (κ3) is 5.48. The number of aromatic nitrogens is 1. The summed E-state index contributed by atoms with van der Waals surface area (Å²) in [5.41, 5.74) is 1.56. The van der Waals surface area contributed by atoms with E-state index < -0.39 is 0 Å². The van der Waals surface area contributed by atoms with Crippen molar-refractivity contribution >= 4 is 5.91 Å². The van der Waals surface area contributed by atoms with E-state index in [0.717, 1.165) is 18.4 Å². The Kier molecular flexibility index (Phi) is 7.26. The second-order valence-corrected chi connectivity index (χ2v) is 5.83. The molecule has 0 fully saturated rings. The Balaban J connectivity index is 2.12. The maximum atomic E-state index is 12.6. The first kappa shape index (κ1) is 18.8. The molecule has 0 bridgehead atoms. The number of hydrogen-bond acceptors (Lipinski definition) is 4. The van der Waals surface area contributed by atoms with E-state index in [9.17, 15) is 4.79 Å². The van der Waals surface area contributed by atoms with Gasteiger partial charge in [0, 0.05) is 18.0 Å². The van der Waals surface area contributed by atoms with E-state index in [-0.39, 0.29) is 11.9 Å². The van der Waals surface area contributed by atoms with Gasteiger partial charge in [-0.1, -0.05) is 13.8 Å². The molecule has 2 aromatic rings. The van der Waals surface area contributed by atoms with Gasteiger partial charge in [-0.25, -0.2) is 0 Å². The number of benzene rings is 1. The van der Waals surface area contributed by atoms with Crippen LogP contribution in [0.1, 0.15) is 55.6 Å². The van der Waals surface area contributed by atoms with Crippen LogP contribution in [0.25, 0.3) is 0 Å². The van der Waals surface area contributed by atoms with E-state index in [1.54, 1.807) is 30.6 Å². The summed E-state index contributed by atoms with van der Waals surface area (Å²) in [7, 11) is 0. The van der Waals surface area contributed by atoms with Gasteiger partial charge in [0.1, 0.15) is 0 Å². The zero-order chi connectivity index (χ0) is 18.1. The van der Waals surface area contributed by atoms with Crippen molar-refractivity contribution in [3.05, 3.63) is 53.9 Å². The summed E-state index contributed by atoms with van der Waals surface area (Å²) >= 11 is 0. The molecule has 1 heterocycles. The Hall–Kier alpha value is -2.56. The van der Waals surface area contributed by atoms with Crippen molar-refractivity contribution in [3.63, 3.8) is 0 Å². The van der Waals surface area contributed by atoms with Crippen LogP contribution in [0.4, 0.5) is 0 Å². The van der Waals surface area contributed by atoms with E-state index >= 15 is 0 Å². The first-order valence-corrected chi connectivity index (χ1v) is 8.76. The van der Waals surface area contributed by atoms with Crippen molar-refractivity contribution in [3.8, 4) is 11.5 Å². The fraction of sp³-hybridized carbons (Fsp3) is 0.400. The highest BCUT2D eigenvalue weighted by atomic mass is 16.5. The molecule has 134 valence electrons. The van der Waals surface area contributed by atoms with Crippen LogP contribution < -0.4 is 14.8 Å². The van der Waals surface area contributed by atoms with Gasteiger partial charge < -0.3 is 14.8 Å². The number of amides is 1. The lowest BCUT2D eigenvalue weighted by Gasteiger charge is -2.16. The lowest BCUT2D eigenvalue weighted by Crippen LogP contribution is -2.26. The van der Waals surface area contributed by atoms with E-state index in [0.29, 0.717) is 30.3 Å². The Labute approximate surface area is 149 Å². The second kappa shape index (κ2) is 9.67. The molecule has 0 aliphatic carbocycles. The molecule has 5 heteroatoms. The molecule has 1 N–H and O–H groups in total. The Bertz CT molecular complexity index is 674. The monoisotopic (exact) mass is 342 g/mol. The van der Waals surface area contributed by atoms with E-state index in [2.05, 4.69) is 17.2 Å². The third-order valence-corrected chi connectivity index (χ3v) is 3.68. The topological polar surface area (TPSA) is 60.5 Å². The molecule has 0 spiro atoms. The highest BCUT2D eigenvalue weighted by molar-refractivity contribution is 5.95. The van der Waals surface area contributed by atoms with Gasteiger partial charge in [0.05, 0.1) is 19.3 Å². The van der Waals surface area contributed by atoms with Gasteiger partial charge in [0.15, 0.2) is 11.5 Å². The minimum Gasteiger partial charge on any atom is -0.490 e. The molecule has 1 atom stereocenters. The summed E-state index contributed by atoms with van der Waals surface area (Å²) in [6, 6.07) is 8.98. The predicted octanol–water partition coefficient (Wildman–Crippen LogP) is 4.15. The summed E-state index contributed by atoms with van der Waals surface area (Å²) in [5.74, 6) is 1.14. The minimum absolute atomic E-state index is 0.105. The minimum atomic E-state index is -0.146. The molecule has 0 aliphatic rings. The van der Waals surface area contributed by atoms with Crippen molar-refractivity contribution in [2.75, 3.05) is 13.2 Å². The molecule has 1 amide bonds. The summed E-state index contributed by atoms with van der Waals surface area (Å²) in [4.78, 5) is 16.6. The van der Waals surface area contributed by atoms with E-state index in [4.69, 9.17) is 9.47 Å². The van der Waals surface area contributed by atoms with Crippen molar-refractivity contribution in [2.24, 2.45) is 0 Å². The summed E-state index contributed by atoms with van der Waals surface area (Å²) in [6.45, 7) is 7.24. The average Bonchev–Trinajstić information content (AvgIpc) is 2.65. The molecule has 2 rings (SSSR count). The number of carbonyl (C=O) groups is 1. The highest BCUT2D eigenvalue weighted by Crippen LogP contribution is 2.29. The Morgan fingerprint density at radius 2 is 1.68 bits per heavy atom. The first-order valence-electron chi connectivity index (χ1n) is 8.76. The summed E-state index contributed by atoms with van der Waals surface area (Å²) in [5, 5.41) is 3.00. The Morgan fingerprint density at radius 1 is 1.04 bits per heavy atom. The molecule has 0 radical (unpaired) electrons.